The van der Waals surface area contributed by atoms with E-state index >= 15 is 0 Å². The average Bonchev–Trinajstić information content (AvgIpc) is 2.46. The van der Waals surface area contributed by atoms with Crippen molar-refractivity contribution in [3.8, 4) is 0 Å². The van der Waals surface area contributed by atoms with Crippen LogP contribution in [0.3, 0.4) is 0 Å². The lowest BCUT2D eigenvalue weighted by Gasteiger charge is -2.54. The van der Waals surface area contributed by atoms with Crippen molar-refractivity contribution < 1.29 is 4.92 Å². The molecule has 4 fully saturated rings. The minimum Gasteiger partial charge on any atom is -0.315 e. The zero-order chi connectivity index (χ0) is 14.4. The maximum Gasteiger partial charge on any atom is 0.293 e. The molecule has 5 nitrogen and oxygen atoms in total. The van der Waals surface area contributed by atoms with Crippen molar-refractivity contribution in [3.05, 3.63) is 34.4 Å². The summed E-state index contributed by atoms with van der Waals surface area (Å²) in [4.78, 5) is 10.7. The standard InChI is InChI=1S/C16H21N3O2/c20-19(21)15-4-2-1-3-14(15)17-18-16-12-6-10-5-11(8-12)9-13(16)7-10/h1-4,10-13,16-18H,5-9H2. The number of rotatable bonds is 4. The van der Waals surface area contributed by atoms with Gasteiger partial charge in [-0.15, -0.1) is 0 Å². The normalized spacial score (nSPS) is 36.7. The van der Waals surface area contributed by atoms with E-state index in [1.807, 2.05) is 6.07 Å². The molecule has 2 N–H and O–H groups in total. The molecule has 0 spiro atoms. The van der Waals surface area contributed by atoms with E-state index in [4.69, 9.17) is 0 Å². The molecule has 0 aromatic heterocycles. The van der Waals surface area contributed by atoms with Crippen LogP contribution in [0.2, 0.25) is 0 Å². The highest BCUT2D eigenvalue weighted by Crippen LogP contribution is 2.53. The lowest BCUT2D eigenvalue weighted by atomic mass is 9.54. The third kappa shape index (κ3) is 2.29. The van der Waals surface area contributed by atoms with Crippen molar-refractivity contribution in [1.82, 2.24) is 5.43 Å². The Morgan fingerprint density at radius 1 is 1.00 bits per heavy atom. The Morgan fingerprint density at radius 3 is 2.24 bits per heavy atom. The number of benzene rings is 1. The second-order valence-corrected chi connectivity index (χ2v) is 7.00. The summed E-state index contributed by atoms with van der Waals surface area (Å²) in [5, 5.41) is 11.1. The number of nitro groups is 1. The van der Waals surface area contributed by atoms with Gasteiger partial charge < -0.3 is 5.43 Å². The van der Waals surface area contributed by atoms with Gasteiger partial charge in [-0.25, -0.2) is 5.43 Å². The molecule has 0 saturated heterocycles. The van der Waals surface area contributed by atoms with Gasteiger partial charge in [0.05, 0.1) is 4.92 Å². The van der Waals surface area contributed by atoms with Crippen LogP contribution in [0.4, 0.5) is 11.4 Å². The fourth-order valence-electron chi connectivity index (χ4n) is 5.06. The lowest BCUT2D eigenvalue weighted by molar-refractivity contribution is -0.384. The van der Waals surface area contributed by atoms with Crippen LogP contribution in [0.1, 0.15) is 32.1 Å². The van der Waals surface area contributed by atoms with Crippen LogP contribution in [-0.2, 0) is 0 Å². The predicted octanol–water partition coefficient (Wildman–Crippen LogP) is 3.34. The van der Waals surface area contributed by atoms with Crippen molar-refractivity contribution in [3.63, 3.8) is 0 Å². The number of para-hydroxylation sites is 2. The highest BCUT2D eigenvalue weighted by Gasteiger charge is 2.48. The Kier molecular flexibility index (Phi) is 3.10. The summed E-state index contributed by atoms with van der Waals surface area (Å²) in [6.07, 6.45) is 6.79. The molecule has 5 rings (SSSR count). The van der Waals surface area contributed by atoms with Gasteiger partial charge in [0.25, 0.3) is 5.69 Å². The Bertz CT molecular complexity index is 532. The molecule has 4 saturated carbocycles. The minimum atomic E-state index is -0.332. The van der Waals surface area contributed by atoms with Crippen molar-refractivity contribution >= 4 is 11.4 Å². The number of nitrogens with zero attached hydrogens (tertiary/aromatic N) is 1. The average molecular weight is 287 g/mol. The number of anilines is 1. The molecule has 0 heterocycles. The molecule has 5 heteroatoms. The van der Waals surface area contributed by atoms with Gasteiger partial charge in [0.2, 0.25) is 0 Å². The predicted molar refractivity (Wildman–Crippen MR) is 80.7 cm³/mol. The van der Waals surface area contributed by atoms with Crippen LogP contribution in [0.15, 0.2) is 24.3 Å². The summed E-state index contributed by atoms with van der Waals surface area (Å²) in [7, 11) is 0. The van der Waals surface area contributed by atoms with Gasteiger partial charge in [0.15, 0.2) is 0 Å². The molecule has 4 bridgehead atoms. The molecular formula is C16H21N3O2. The molecule has 0 aliphatic heterocycles. The zero-order valence-corrected chi connectivity index (χ0v) is 12.0. The number of nitrogens with one attached hydrogen (secondary N) is 2. The van der Waals surface area contributed by atoms with Gasteiger partial charge in [-0.2, -0.15) is 0 Å². The summed E-state index contributed by atoms with van der Waals surface area (Å²) in [6.45, 7) is 0. The van der Waals surface area contributed by atoms with Gasteiger partial charge in [0, 0.05) is 12.1 Å². The Labute approximate surface area is 124 Å². The van der Waals surface area contributed by atoms with E-state index in [0.29, 0.717) is 11.7 Å². The third-order valence-corrected chi connectivity index (χ3v) is 5.70. The van der Waals surface area contributed by atoms with E-state index in [1.165, 1.54) is 32.1 Å². The number of hydrazine groups is 1. The fraction of sp³-hybridized carbons (Fsp3) is 0.625. The van der Waals surface area contributed by atoms with E-state index < -0.39 is 0 Å². The quantitative estimate of drug-likeness (QED) is 0.658. The molecule has 4 aliphatic rings. The van der Waals surface area contributed by atoms with Crippen molar-refractivity contribution in [2.75, 3.05) is 5.43 Å². The first-order valence-electron chi connectivity index (χ1n) is 7.95. The number of hydrogen-bond acceptors (Lipinski definition) is 4. The topological polar surface area (TPSA) is 67.2 Å². The Morgan fingerprint density at radius 2 is 1.62 bits per heavy atom. The van der Waals surface area contributed by atoms with Crippen LogP contribution in [0, 0.1) is 33.8 Å². The molecule has 0 unspecified atom stereocenters. The van der Waals surface area contributed by atoms with Gasteiger partial charge in [0.1, 0.15) is 5.69 Å². The summed E-state index contributed by atoms with van der Waals surface area (Å²) >= 11 is 0. The highest BCUT2D eigenvalue weighted by molar-refractivity contribution is 5.60. The molecule has 112 valence electrons. The van der Waals surface area contributed by atoms with Crippen LogP contribution in [0.5, 0.6) is 0 Å². The number of hydrogen-bond donors (Lipinski definition) is 2. The van der Waals surface area contributed by atoms with Gasteiger partial charge >= 0.3 is 0 Å². The smallest absolute Gasteiger partial charge is 0.293 e. The third-order valence-electron chi connectivity index (χ3n) is 5.70. The molecule has 0 radical (unpaired) electrons. The van der Waals surface area contributed by atoms with E-state index in [0.717, 1.165) is 23.7 Å². The Hall–Kier alpha value is -1.62. The zero-order valence-electron chi connectivity index (χ0n) is 12.0. The van der Waals surface area contributed by atoms with Crippen LogP contribution < -0.4 is 10.9 Å². The molecule has 21 heavy (non-hydrogen) atoms. The minimum absolute atomic E-state index is 0.133. The monoisotopic (exact) mass is 287 g/mol. The van der Waals surface area contributed by atoms with E-state index in [1.54, 1.807) is 18.2 Å². The second-order valence-electron chi connectivity index (χ2n) is 7.00. The fourth-order valence-corrected chi connectivity index (χ4v) is 5.06. The maximum absolute atomic E-state index is 11.1. The van der Waals surface area contributed by atoms with Crippen LogP contribution >= 0.6 is 0 Å². The number of nitro benzene ring substituents is 1. The molecule has 4 aliphatic carbocycles. The van der Waals surface area contributed by atoms with E-state index in [-0.39, 0.29) is 10.6 Å². The van der Waals surface area contributed by atoms with Crippen molar-refractivity contribution in [2.24, 2.45) is 23.7 Å². The summed E-state index contributed by atoms with van der Waals surface area (Å²) in [5.74, 6) is 3.38. The molecular weight excluding hydrogens is 266 g/mol. The molecule has 1 aromatic carbocycles. The maximum atomic E-state index is 11.1. The molecule has 0 atom stereocenters. The SMILES string of the molecule is O=[N+]([O-])c1ccccc1NNC1C2CC3CC(C2)CC1C3. The second kappa shape index (κ2) is 4.98. The lowest BCUT2D eigenvalue weighted by Crippen LogP contribution is -2.55. The van der Waals surface area contributed by atoms with Crippen molar-refractivity contribution in [2.45, 2.75) is 38.1 Å². The first-order chi connectivity index (χ1) is 10.2. The van der Waals surface area contributed by atoms with E-state index in [9.17, 15) is 10.1 Å². The van der Waals surface area contributed by atoms with Gasteiger partial charge in [-0.1, -0.05) is 12.1 Å². The van der Waals surface area contributed by atoms with Crippen LogP contribution in [-0.4, -0.2) is 11.0 Å². The molecule has 1 aromatic rings. The molecule has 0 amide bonds. The van der Waals surface area contributed by atoms with Crippen molar-refractivity contribution in [1.29, 1.82) is 0 Å². The first kappa shape index (κ1) is 13.1. The van der Waals surface area contributed by atoms with Gasteiger partial charge in [-0.3, -0.25) is 10.1 Å². The summed E-state index contributed by atoms with van der Waals surface area (Å²) in [5.41, 5.74) is 7.25. The Balaban J connectivity index is 1.47. The van der Waals surface area contributed by atoms with Gasteiger partial charge in [-0.05, 0) is 61.8 Å². The summed E-state index contributed by atoms with van der Waals surface area (Å²) < 4.78 is 0. The van der Waals surface area contributed by atoms with Crippen LogP contribution in [0.25, 0.3) is 0 Å². The highest BCUT2D eigenvalue weighted by atomic mass is 16.6. The van der Waals surface area contributed by atoms with E-state index in [2.05, 4.69) is 10.9 Å². The summed E-state index contributed by atoms with van der Waals surface area (Å²) in [6, 6.07) is 7.31. The largest absolute Gasteiger partial charge is 0.315 e. The first-order valence-corrected chi connectivity index (χ1v) is 7.95.